The molecule has 0 aromatic heterocycles. The van der Waals surface area contributed by atoms with Crippen LogP contribution in [0.25, 0.3) is 0 Å². The van der Waals surface area contributed by atoms with Crippen molar-refractivity contribution in [2.75, 3.05) is 19.0 Å². The highest BCUT2D eigenvalue weighted by Gasteiger charge is 2.25. The Balaban J connectivity index is 2.63. The Kier molecular flexibility index (Phi) is 8.33. The minimum Gasteiger partial charge on any atom is -0.508 e. The highest BCUT2D eigenvalue weighted by Crippen LogP contribution is 2.22. The second-order valence-corrected chi connectivity index (χ2v) is 8.32. The molecule has 1 rings (SSSR count). The number of phenolic OH excluding ortho intramolecular Hbond substituents is 1. The summed E-state index contributed by atoms with van der Waals surface area (Å²) in [5.74, 6) is -0.206. The number of aromatic hydroxyl groups is 1. The summed E-state index contributed by atoms with van der Waals surface area (Å²) in [5.41, 5.74) is 1.37. The Morgan fingerprint density at radius 2 is 1.96 bits per heavy atom. The lowest BCUT2D eigenvalue weighted by molar-refractivity contribution is -0.144. The van der Waals surface area contributed by atoms with Gasteiger partial charge in [0.2, 0.25) is 0 Å². The van der Waals surface area contributed by atoms with Gasteiger partial charge in [-0.15, -0.1) is 0 Å². The fraction of sp³-hybridized carbons (Fsp3) is 0.562. The monoisotopic (exact) mass is 372 g/mol. The van der Waals surface area contributed by atoms with E-state index in [0.717, 1.165) is 5.69 Å². The largest absolute Gasteiger partial charge is 0.508 e. The summed E-state index contributed by atoms with van der Waals surface area (Å²) in [5, 5.41) is 16.2. The van der Waals surface area contributed by atoms with Crippen LogP contribution in [-0.4, -0.2) is 54.0 Å². The van der Waals surface area contributed by atoms with E-state index >= 15 is 0 Å². The maximum absolute atomic E-state index is 11.8. The molecule has 25 heavy (non-hydrogen) atoms. The smallest absolute Gasteiger partial charge is 0.492 e. The van der Waals surface area contributed by atoms with Gasteiger partial charge in [0.1, 0.15) is 11.8 Å². The van der Waals surface area contributed by atoms with E-state index in [2.05, 4.69) is 10.6 Å². The standard InChI is InChI=1S/C16H28N2O6Si/c1-11(2)15(16(20)24-3)18-10-12-9-13(5-6-14(12)19)17-7-4-8-25(21,22)23/h5-6,9,11,15,17-19,21-23H,4,7-8,10H2,1-3H3. The molecule has 0 amide bonds. The number of carbonyl (C=O) groups excluding carboxylic acids is 1. The molecule has 0 saturated heterocycles. The molecular formula is C16H28N2O6Si. The highest BCUT2D eigenvalue weighted by atomic mass is 28.4. The number of phenols is 1. The number of nitrogens with one attached hydrogen (secondary N) is 2. The molecule has 0 heterocycles. The summed E-state index contributed by atoms with van der Waals surface area (Å²) in [4.78, 5) is 38.7. The van der Waals surface area contributed by atoms with Crippen LogP contribution in [0.5, 0.6) is 5.75 Å². The Morgan fingerprint density at radius 1 is 1.28 bits per heavy atom. The van der Waals surface area contributed by atoms with Crippen molar-refractivity contribution in [2.24, 2.45) is 5.92 Å². The van der Waals surface area contributed by atoms with Crippen molar-refractivity contribution < 1.29 is 29.0 Å². The summed E-state index contributed by atoms with van der Waals surface area (Å²) >= 11 is 0. The van der Waals surface area contributed by atoms with Crippen molar-refractivity contribution in [3.05, 3.63) is 23.8 Å². The maximum Gasteiger partial charge on any atom is 0.492 e. The first-order valence-corrected chi connectivity index (χ1v) is 10.2. The van der Waals surface area contributed by atoms with Crippen LogP contribution < -0.4 is 10.6 Å². The van der Waals surface area contributed by atoms with Crippen molar-refractivity contribution in [3.63, 3.8) is 0 Å². The molecule has 1 atom stereocenters. The van der Waals surface area contributed by atoms with Crippen LogP contribution in [-0.2, 0) is 16.1 Å². The van der Waals surface area contributed by atoms with E-state index in [1.54, 1.807) is 18.2 Å². The zero-order chi connectivity index (χ0) is 19.0. The topological polar surface area (TPSA) is 131 Å². The van der Waals surface area contributed by atoms with E-state index in [-0.39, 0.29) is 23.7 Å². The maximum atomic E-state index is 11.8. The average molecular weight is 372 g/mol. The molecular weight excluding hydrogens is 344 g/mol. The number of anilines is 1. The molecule has 6 N–H and O–H groups in total. The first-order chi connectivity index (χ1) is 11.6. The van der Waals surface area contributed by atoms with E-state index in [9.17, 15) is 9.90 Å². The van der Waals surface area contributed by atoms with Gasteiger partial charge < -0.3 is 29.5 Å². The number of hydrogen-bond donors (Lipinski definition) is 6. The molecule has 0 bridgehead atoms. The first kappa shape index (κ1) is 21.4. The molecule has 142 valence electrons. The molecule has 1 aromatic carbocycles. The van der Waals surface area contributed by atoms with Crippen LogP contribution in [0.2, 0.25) is 6.04 Å². The van der Waals surface area contributed by atoms with Gasteiger partial charge in [0.05, 0.1) is 7.11 Å². The summed E-state index contributed by atoms with van der Waals surface area (Å²) in [6.45, 7) is 4.54. The fourth-order valence-corrected chi connectivity index (χ4v) is 2.98. The summed E-state index contributed by atoms with van der Waals surface area (Å²) in [6.07, 6.45) is 0.405. The molecule has 9 heteroatoms. The normalized spacial score (nSPS) is 12.9. The fourth-order valence-electron chi connectivity index (χ4n) is 2.33. The lowest BCUT2D eigenvalue weighted by atomic mass is 10.0. The van der Waals surface area contributed by atoms with Crippen LogP contribution in [0.15, 0.2) is 18.2 Å². The molecule has 0 aliphatic rings. The Hall–Kier alpha value is -1.65. The average Bonchev–Trinajstić information content (AvgIpc) is 2.52. The second kappa shape index (κ2) is 9.73. The lowest BCUT2D eigenvalue weighted by Gasteiger charge is -2.20. The molecule has 0 radical (unpaired) electrons. The minimum atomic E-state index is -4.00. The van der Waals surface area contributed by atoms with Gasteiger partial charge in [0.15, 0.2) is 0 Å². The van der Waals surface area contributed by atoms with E-state index in [1.807, 2.05) is 13.8 Å². The van der Waals surface area contributed by atoms with Crippen LogP contribution in [0, 0.1) is 5.92 Å². The summed E-state index contributed by atoms with van der Waals surface area (Å²) < 4.78 is 4.77. The SMILES string of the molecule is COC(=O)C(NCc1cc(NCCC[Si](O)(O)O)ccc1O)C(C)C. The van der Waals surface area contributed by atoms with Gasteiger partial charge in [-0.05, 0) is 30.5 Å². The third-order valence-electron chi connectivity index (χ3n) is 3.73. The highest BCUT2D eigenvalue weighted by molar-refractivity contribution is 6.56. The van der Waals surface area contributed by atoms with E-state index < -0.39 is 14.8 Å². The van der Waals surface area contributed by atoms with E-state index in [4.69, 9.17) is 19.1 Å². The zero-order valence-electron chi connectivity index (χ0n) is 14.8. The van der Waals surface area contributed by atoms with Crippen molar-refractivity contribution in [2.45, 2.75) is 38.9 Å². The predicted octanol–water partition coefficient (Wildman–Crippen LogP) is 0.397. The van der Waals surface area contributed by atoms with E-state index in [1.165, 1.54) is 7.11 Å². The van der Waals surface area contributed by atoms with Gasteiger partial charge in [-0.1, -0.05) is 13.8 Å². The minimum absolute atomic E-state index is 0.0378. The van der Waals surface area contributed by atoms with Crippen molar-refractivity contribution in [1.29, 1.82) is 0 Å². The van der Waals surface area contributed by atoms with Crippen molar-refractivity contribution in [3.8, 4) is 5.75 Å². The van der Waals surface area contributed by atoms with Crippen LogP contribution >= 0.6 is 0 Å². The van der Waals surface area contributed by atoms with Gasteiger partial charge in [-0.25, -0.2) is 0 Å². The molecule has 1 unspecified atom stereocenters. The number of rotatable bonds is 10. The first-order valence-electron chi connectivity index (χ1n) is 8.18. The molecule has 1 aromatic rings. The summed E-state index contributed by atoms with van der Waals surface area (Å²) in [6, 6.07) is 4.48. The van der Waals surface area contributed by atoms with Crippen LogP contribution in [0.4, 0.5) is 5.69 Å². The Bertz CT molecular complexity index is 562. The molecule has 0 saturated carbocycles. The molecule has 0 aliphatic carbocycles. The third kappa shape index (κ3) is 7.84. The number of methoxy groups -OCH3 is 1. The number of esters is 1. The van der Waals surface area contributed by atoms with Gasteiger partial charge in [0, 0.05) is 30.4 Å². The lowest BCUT2D eigenvalue weighted by Crippen LogP contribution is -2.41. The number of carbonyl (C=O) groups is 1. The van der Waals surface area contributed by atoms with Gasteiger partial charge in [-0.2, -0.15) is 0 Å². The summed E-state index contributed by atoms with van der Waals surface area (Å²) in [7, 11) is -2.66. The molecule has 0 aliphatic heterocycles. The predicted molar refractivity (Wildman–Crippen MR) is 95.9 cm³/mol. The number of benzene rings is 1. The number of ether oxygens (including phenoxy) is 1. The van der Waals surface area contributed by atoms with Gasteiger partial charge >= 0.3 is 14.8 Å². The van der Waals surface area contributed by atoms with Gasteiger partial charge in [0.25, 0.3) is 0 Å². The van der Waals surface area contributed by atoms with Gasteiger partial charge in [-0.3, -0.25) is 10.1 Å². The molecule has 0 fully saturated rings. The zero-order valence-corrected chi connectivity index (χ0v) is 15.8. The van der Waals surface area contributed by atoms with Crippen LogP contribution in [0.1, 0.15) is 25.8 Å². The second-order valence-electron chi connectivity index (χ2n) is 6.27. The van der Waals surface area contributed by atoms with Crippen molar-refractivity contribution in [1.82, 2.24) is 5.32 Å². The van der Waals surface area contributed by atoms with Crippen molar-refractivity contribution >= 4 is 20.5 Å². The quantitative estimate of drug-likeness (QED) is 0.151. The Morgan fingerprint density at radius 3 is 2.52 bits per heavy atom. The molecule has 0 spiro atoms. The third-order valence-corrected chi connectivity index (χ3v) is 4.76. The molecule has 8 nitrogen and oxygen atoms in total. The number of hydrogen-bond acceptors (Lipinski definition) is 8. The van der Waals surface area contributed by atoms with E-state index in [0.29, 0.717) is 25.1 Å². The Labute approximate surface area is 148 Å². The van der Waals surface area contributed by atoms with Crippen LogP contribution in [0.3, 0.4) is 0 Å².